The van der Waals surface area contributed by atoms with E-state index in [-0.39, 0.29) is 12.4 Å². The summed E-state index contributed by atoms with van der Waals surface area (Å²) in [5.74, 6) is 0.361. The monoisotopic (exact) mass is 432 g/mol. The Balaban J connectivity index is 1.35. The fraction of sp³-hybridized carbons (Fsp3) is 0.833. The lowest BCUT2D eigenvalue weighted by Crippen LogP contribution is -2.38. The van der Waals surface area contributed by atoms with Crippen LogP contribution in [-0.4, -0.2) is 25.7 Å². The Kier molecular flexibility index (Phi) is 8.82. The van der Waals surface area contributed by atoms with Crippen LogP contribution < -0.4 is 0 Å². The maximum Gasteiger partial charge on any atom is 0.412 e. The standard InChI is InChI=1S/C24H36F4O2/c1-2-3-19-15-29-23(30-16-19)21-12-8-18(9-13-21)5-4-17-6-10-20(11-7-17)22(25)14-24(26,27)28/h4-5,14,17-21,23H,2-3,6-13,15-16H2,1H3/b5-4+,22-14-. The molecule has 0 radical (unpaired) electrons. The van der Waals surface area contributed by atoms with Crippen LogP contribution in [-0.2, 0) is 9.47 Å². The molecule has 2 nitrogen and oxygen atoms in total. The highest BCUT2D eigenvalue weighted by molar-refractivity contribution is 5.05. The average Bonchev–Trinajstić information content (AvgIpc) is 2.73. The molecule has 0 amide bonds. The summed E-state index contributed by atoms with van der Waals surface area (Å²) in [5.41, 5.74) is 0. The first-order valence-electron chi connectivity index (χ1n) is 11.7. The number of ether oxygens (including phenoxy) is 2. The maximum atomic E-state index is 13.7. The van der Waals surface area contributed by atoms with Gasteiger partial charge < -0.3 is 9.47 Å². The molecule has 2 aliphatic carbocycles. The molecule has 172 valence electrons. The van der Waals surface area contributed by atoms with Gasteiger partial charge in [0.2, 0.25) is 0 Å². The van der Waals surface area contributed by atoms with Crippen molar-refractivity contribution in [3.05, 3.63) is 24.1 Å². The summed E-state index contributed by atoms with van der Waals surface area (Å²) in [6.07, 6.45) is 9.06. The van der Waals surface area contributed by atoms with Crippen LogP contribution in [0.25, 0.3) is 0 Å². The van der Waals surface area contributed by atoms with E-state index in [0.29, 0.717) is 36.5 Å². The maximum absolute atomic E-state index is 13.7. The van der Waals surface area contributed by atoms with E-state index in [2.05, 4.69) is 19.1 Å². The zero-order valence-electron chi connectivity index (χ0n) is 18.0. The fourth-order valence-corrected chi connectivity index (χ4v) is 5.19. The van der Waals surface area contributed by atoms with Gasteiger partial charge in [-0.05, 0) is 69.6 Å². The highest BCUT2D eigenvalue weighted by atomic mass is 19.4. The second-order valence-corrected chi connectivity index (χ2v) is 9.43. The first-order valence-corrected chi connectivity index (χ1v) is 11.7. The highest BCUT2D eigenvalue weighted by Crippen LogP contribution is 2.38. The number of hydrogen-bond acceptors (Lipinski definition) is 2. The zero-order chi connectivity index (χ0) is 21.6. The SMILES string of the molecule is CCCC1COC(C2CCC(/C=C/C3CCC(/C(F)=C/C(F)(F)F)CC3)CC2)OC1. The van der Waals surface area contributed by atoms with Gasteiger partial charge in [-0.3, -0.25) is 0 Å². The van der Waals surface area contributed by atoms with Gasteiger partial charge in [-0.25, -0.2) is 4.39 Å². The number of alkyl halides is 3. The van der Waals surface area contributed by atoms with Gasteiger partial charge in [-0.2, -0.15) is 13.2 Å². The van der Waals surface area contributed by atoms with Crippen LogP contribution in [0.5, 0.6) is 0 Å². The van der Waals surface area contributed by atoms with Crippen molar-refractivity contribution in [2.24, 2.45) is 29.6 Å². The van der Waals surface area contributed by atoms with Gasteiger partial charge in [0, 0.05) is 17.8 Å². The summed E-state index contributed by atoms with van der Waals surface area (Å²) in [4.78, 5) is 0. The first-order chi connectivity index (χ1) is 14.3. The minimum absolute atomic E-state index is 0.0436. The second kappa shape index (κ2) is 11.1. The Morgan fingerprint density at radius 3 is 1.90 bits per heavy atom. The molecule has 0 aromatic carbocycles. The van der Waals surface area contributed by atoms with Crippen molar-refractivity contribution in [3.8, 4) is 0 Å². The number of allylic oxidation sites excluding steroid dienone is 4. The molecule has 0 atom stereocenters. The van der Waals surface area contributed by atoms with Gasteiger partial charge in [-0.1, -0.05) is 25.5 Å². The van der Waals surface area contributed by atoms with Crippen molar-refractivity contribution in [1.82, 2.24) is 0 Å². The molecule has 3 aliphatic rings. The molecule has 0 aromatic heterocycles. The van der Waals surface area contributed by atoms with Crippen LogP contribution in [0.15, 0.2) is 24.1 Å². The van der Waals surface area contributed by atoms with Crippen molar-refractivity contribution in [1.29, 1.82) is 0 Å². The first kappa shape index (κ1) is 23.8. The lowest BCUT2D eigenvalue weighted by atomic mass is 9.78. The van der Waals surface area contributed by atoms with Crippen molar-refractivity contribution in [3.63, 3.8) is 0 Å². The molecular formula is C24H36F4O2. The molecular weight excluding hydrogens is 396 g/mol. The Morgan fingerprint density at radius 2 is 1.40 bits per heavy atom. The predicted molar refractivity (Wildman–Crippen MR) is 109 cm³/mol. The molecule has 0 bridgehead atoms. The lowest BCUT2D eigenvalue weighted by Gasteiger charge is -2.37. The van der Waals surface area contributed by atoms with Crippen LogP contribution in [0.1, 0.15) is 71.1 Å². The fourth-order valence-electron chi connectivity index (χ4n) is 5.19. The molecule has 1 aliphatic heterocycles. The van der Waals surface area contributed by atoms with E-state index in [1.807, 2.05) is 0 Å². The summed E-state index contributed by atoms with van der Waals surface area (Å²) in [6.45, 7) is 3.83. The number of hydrogen-bond donors (Lipinski definition) is 0. The van der Waals surface area contributed by atoms with Crippen LogP contribution in [0, 0.1) is 29.6 Å². The lowest BCUT2D eigenvalue weighted by molar-refractivity contribution is -0.229. The van der Waals surface area contributed by atoms with E-state index in [4.69, 9.17) is 9.47 Å². The highest BCUT2D eigenvalue weighted by Gasteiger charge is 2.32. The van der Waals surface area contributed by atoms with Gasteiger partial charge in [0.15, 0.2) is 6.29 Å². The molecule has 1 heterocycles. The Hall–Kier alpha value is -0.880. The molecule has 3 fully saturated rings. The molecule has 0 unspecified atom stereocenters. The molecule has 0 spiro atoms. The van der Waals surface area contributed by atoms with E-state index in [0.717, 1.165) is 58.2 Å². The van der Waals surface area contributed by atoms with Crippen molar-refractivity contribution < 1.29 is 27.0 Å². The minimum atomic E-state index is -4.56. The quantitative estimate of drug-likeness (QED) is 0.322. The van der Waals surface area contributed by atoms with Crippen LogP contribution in [0.2, 0.25) is 0 Å². The van der Waals surface area contributed by atoms with Crippen molar-refractivity contribution >= 4 is 0 Å². The van der Waals surface area contributed by atoms with E-state index in [1.54, 1.807) is 0 Å². The summed E-state index contributed by atoms with van der Waals surface area (Å²) >= 11 is 0. The Labute approximate surface area is 178 Å². The Morgan fingerprint density at radius 1 is 0.867 bits per heavy atom. The van der Waals surface area contributed by atoms with Gasteiger partial charge in [0.25, 0.3) is 0 Å². The molecule has 3 rings (SSSR count). The molecule has 0 aromatic rings. The molecule has 2 saturated carbocycles. The van der Waals surface area contributed by atoms with Crippen LogP contribution in [0.3, 0.4) is 0 Å². The predicted octanol–water partition coefficient (Wildman–Crippen LogP) is 7.36. The van der Waals surface area contributed by atoms with Crippen molar-refractivity contribution in [2.45, 2.75) is 83.6 Å². The van der Waals surface area contributed by atoms with Gasteiger partial charge >= 0.3 is 6.18 Å². The molecule has 6 heteroatoms. The zero-order valence-corrected chi connectivity index (χ0v) is 18.0. The van der Waals surface area contributed by atoms with Crippen LogP contribution in [0.4, 0.5) is 17.6 Å². The Bertz CT molecular complexity index is 562. The molecule has 1 saturated heterocycles. The van der Waals surface area contributed by atoms with E-state index in [9.17, 15) is 17.6 Å². The number of rotatable bonds is 6. The summed E-state index contributed by atoms with van der Waals surface area (Å²) in [7, 11) is 0. The topological polar surface area (TPSA) is 18.5 Å². The van der Waals surface area contributed by atoms with Gasteiger partial charge in [0.1, 0.15) is 5.83 Å². The molecule has 30 heavy (non-hydrogen) atoms. The normalized spacial score (nSPS) is 36.9. The largest absolute Gasteiger partial charge is 0.412 e. The number of halogens is 4. The molecule has 0 N–H and O–H groups in total. The summed E-state index contributed by atoms with van der Waals surface area (Å²) < 4.78 is 62.7. The summed E-state index contributed by atoms with van der Waals surface area (Å²) in [6, 6.07) is 0. The third-order valence-electron chi connectivity index (χ3n) is 7.01. The van der Waals surface area contributed by atoms with Crippen molar-refractivity contribution in [2.75, 3.05) is 13.2 Å². The third-order valence-corrected chi connectivity index (χ3v) is 7.01. The smallest absolute Gasteiger partial charge is 0.352 e. The average molecular weight is 433 g/mol. The van der Waals surface area contributed by atoms with Crippen LogP contribution >= 0.6 is 0 Å². The minimum Gasteiger partial charge on any atom is -0.352 e. The summed E-state index contributed by atoms with van der Waals surface area (Å²) in [5, 5.41) is 0. The van der Waals surface area contributed by atoms with E-state index in [1.165, 1.54) is 6.42 Å². The van der Waals surface area contributed by atoms with E-state index >= 15 is 0 Å². The van der Waals surface area contributed by atoms with Gasteiger partial charge in [-0.15, -0.1) is 0 Å². The van der Waals surface area contributed by atoms with E-state index < -0.39 is 17.9 Å². The third kappa shape index (κ3) is 7.37. The van der Waals surface area contributed by atoms with Gasteiger partial charge in [0.05, 0.1) is 19.3 Å². The second-order valence-electron chi connectivity index (χ2n) is 9.43.